The van der Waals surface area contributed by atoms with E-state index in [0.717, 1.165) is 5.75 Å². The Morgan fingerprint density at radius 2 is 1.93 bits per heavy atom. The highest BCUT2D eigenvalue weighted by atomic mass is 16.5. The normalized spacial score (nSPS) is 12.4. The van der Waals surface area contributed by atoms with E-state index in [-0.39, 0.29) is 11.9 Å². The van der Waals surface area contributed by atoms with Gasteiger partial charge in [-0.2, -0.15) is 0 Å². The molecule has 78 valence electrons. The molecule has 0 bridgehead atoms. The van der Waals surface area contributed by atoms with Crippen molar-refractivity contribution in [1.29, 1.82) is 0 Å². The molecule has 0 aliphatic carbocycles. The lowest BCUT2D eigenvalue weighted by molar-refractivity contribution is 0.0657. The molecule has 0 spiro atoms. The summed E-state index contributed by atoms with van der Waals surface area (Å²) in [5.74, 6) is 0.991. The zero-order chi connectivity index (χ0) is 10.4. The summed E-state index contributed by atoms with van der Waals surface area (Å²) in [6.45, 7) is 5.18. The predicted octanol–water partition coefficient (Wildman–Crippen LogP) is 2.20. The molecule has 0 aliphatic heterocycles. The van der Waals surface area contributed by atoms with Crippen molar-refractivity contribution >= 4 is 0 Å². The van der Waals surface area contributed by atoms with Crippen LogP contribution in [0.25, 0.3) is 0 Å². The van der Waals surface area contributed by atoms with Crippen LogP contribution in [0.4, 0.5) is 0 Å². The van der Waals surface area contributed by atoms with Gasteiger partial charge in [0.25, 0.3) is 0 Å². The van der Waals surface area contributed by atoms with Gasteiger partial charge in [0.2, 0.25) is 0 Å². The SMILES string of the molecule is CCOC[C@@H](C)Oc1ccc(O)cc1. The van der Waals surface area contributed by atoms with Crippen LogP contribution in [0.1, 0.15) is 13.8 Å². The van der Waals surface area contributed by atoms with Gasteiger partial charge in [0, 0.05) is 6.61 Å². The van der Waals surface area contributed by atoms with Crippen LogP contribution in [0.5, 0.6) is 11.5 Å². The van der Waals surface area contributed by atoms with Crippen molar-refractivity contribution in [3.05, 3.63) is 24.3 Å². The van der Waals surface area contributed by atoms with E-state index in [2.05, 4.69) is 0 Å². The molecule has 1 N–H and O–H groups in total. The van der Waals surface area contributed by atoms with Gasteiger partial charge in [-0.25, -0.2) is 0 Å². The van der Waals surface area contributed by atoms with Crippen LogP contribution in [-0.4, -0.2) is 24.4 Å². The molecule has 3 heteroatoms. The molecule has 0 aliphatic rings. The number of rotatable bonds is 5. The Labute approximate surface area is 84.3 Å². The van der Waals surface area contributed by atoms with E-state index in [4.69, 9.17) is 14.6 Å². The minimum absolute atomic E-state index is 0.0273. The molecular weight excluding hydrogens is 180 g/mol. The van der Waals surface area contributed by atoms with E-state index in [9.17, 15) is 0 Å². The number of benzene rings is 1. The molecule has 0 fully saturated rings. The maximum Gasteiger partial charge on any atom is 0.120 e. The van der Waals surface area contributed by atoms with Gasteiger partial charge in [0.05, 0.1) is 6.61 Å². The lowest BCUT2D eigenvalue weighted by Gasteiger charge is -2.14. The van der Waals surface area contributed by atoms with Crippen LogP contribution in [-0.2, 0) is 4.74 Å². The van der Waals surface area contributed by atoms with E-state index < -0.39 is 0 Å². The van der Waals surface area contributed by atoms with Crippen LogP contribution in [0.15, 0.2) is 24.3 Å². The predicted molar refractivity (Wildman–Crippen MR) is 54.7 cm³/mol. The number of phenolic OH excluding ortho intramolecular Hbond substituents is 1. The summed E-state index contributed by atoms with van der Waals surface area (Å²) < 4.78 is 10.8. The number of hydrogen-bond acceptors (Lipinski definition) is 3. The van der Waals surface area contributed by atoms with Gasteiger partial charge >= 0.3 is 0 Å². The lowest BCUT2D eigenvalue weighted by atomic mass is 10.3. The minimum atomic E-state index is 0.0273. The van der Waals surface area contributed by atoms with Crippen molar-refractivity contribution in [3.8, 4) is 11.5 Å². The molecule has 0 amide bonds. The number of hydrogen-bond donors (Lipinski definition) is 1. The maximum atomic E-state index is 9.05. The second-order valence-electron chi connectivity index (χ2n) is 3.08. The first kappa shape index (κ1) is 10.9. The van der Waals surface area contributed by atoms with E-state index in [1.54, 1.807) is 24.3 Å². The largest absolute Gasteiger partial charge is 0.508 e. The molecule has 1 aromatic rings. The van der Waals surface area contributed by atoms with Gasteiger partial charge < -0.3 is 14.6 Å². The molecule has 0 aromatic heterocycles. The first-order valence-electron chi connectivity index (χ1n) is 4.75. The molecular formula is C11H16O3. The Bertz CT molecular complexity index is 256. The van der Waals surface area contributed by atoms with Gasteiger partial charge in [-0.05, 0) is 38.1 Å². The van der Waals surface area contributed by atoms with Crippen molar-refractivity contribution in [2.24, 2.45) is 0 Å². The van der Waals surface area contributed by atoms with Crippen LogP contribution >= 0.6 is 0 Å². The third kappa shape index (κ3) is 3.66. The molecule has 0 saturated heterocycles. The molecule has 14 heavy (non-hydrogen) atoms. The van der Waals surface area contributed by atoms with Crippen LogP contribution in [0, 0.1) is 0 Å². The Morgan fingerprint density at radius 1 is 1.29 bits per heavy atom. The minimum Gasteiger partial charge on any atom is -0.508 e. The van der Waals surface area contributed by atoms with Crippen molar-refractivity contribution < 1.29 is 14.6 Å². The summed E-state index contributed by atoms with van der Waals surface area (Å²) in [5.41, 5.74) is 0. The van der Waals surface area contributed by atoms with Gasteiger partial charge in [-0.3, -0.25) is 0 Å². The monoisotopic (exact) mass is 196 g/mol. The second kappa shape index (κ2) is 5.50. The zero-order valence-corrected chi connectivity index (χ0v) is 8.56. The topological polar surface area (TPSA) is 38.7 Å². The van der Waals surface area contributed by atoms with Crippen molar-refractivity contribution in [1.82, 2.24) is 0 Å². The van der Waals surface area contributed by atoms with E-state index >= 15 is 0 Å². The third-order valence-corrected chi connectivity index (χ3v) is 1.73. The van der Waals surface area contributed by atoms with Gasteiger partial charge in [-0.1, -0.05) is 0 Å². The summed E-state index contributed by atoms with van der Waals surface area (Å²) in [6, 6.07) is 6.67. The standard InChI is InChI=1S/C11H16O3/c1-3-13-8-9(2)14-11-6-4-10(12)5-7-11/h4-7,9,12H,3,8H2,1-2H3/t9-/m1/s1. The number of phenols is 1. The first-order valence-corrected chi connectivity index (χ1v) is 4.75. The van der Waals surface area contributed by atoms with Crippen molar-refractivity contribution in [2.75, 3.05) is 13.2 Å². The Kier molecular flexibility index (Phi) is 4.26. The summed E-state index contributed by atoms with van der Waals surface area (Å²) in [6.07, 6.45) is 0.0273. The number of aromatic hydroxyl groups is 1. The van der Waals surface area contributed by atoms with E-state index in [1.165, 1.54) is 0 Å². The molecule has 0 saturated carbocycles. The van der Waals surface area contributed by atoms with Crippen LogP contribution in [0.3, 0.4) is 0 Å². The quantitative estimate of drug-likeness (QED) is 0.784. The number of ether oxygens (including phenoxy) is 2. The lowest BCUT2D eigenvalue weighted by Crippen LogP contribution is -2.18. The summed E-state index contributed by atoms with van der Waals surface area (Å²) >= 11 is 0. The molecule has 1 aromatic carbocycles. The highest BCUT2D eigenvalue weighted by Crippen LogP contribution is 2.17. The van der Waals surface area contributed by atoms with Gasteiger partial charge in [-0.15, -0.1) is 0 Å². The molecule has 0 unspecified atom stereocenters. The van der Waals surface area contributed by atoms with Crippen LogP contribution in [0.2, 0.25) is 0 Å². The Morgan fingerprint density at radius 3 is 2.50 bits per heavy atom. The van der Waals surface area contributed by atoms with E-state index in [1.807, 2.05) is 13.8 Å². The highest BCUT2D eigenvalue weighted by Gasteiger charge is 2.03. The smallest absolute Gasteiger partial charge is 0.120 e. The molecule has 0 radical (unpaired) electrons. The van der Waals surface area contributed by atoms with Crippen molar-refractivity contribution in [3.63, 3.8) is 0 Å². The first-order chi connectivity index (χ1) is 6.72. The third-order valence-electron chi connectivity index (χ3n) is 1.73. The Balaban J connectivity index is 2.39. The average molecular weight is 196 g/mol. The Hall–Kier alpha value is -1.22. The molecule has 3 nitrogen and oxygen atoms in total. The van der Waals surface area contributed by atoms with Gasteiger partial charge in [0.15, 0.2) is 0 Å². The average Bonchev–Trinajstić information content (AvgIpc) is 2.18. The van der Waals surface area contributed by atoms with Crippen LogP contribution < -0.4 is 4.74 Å². The summed E-state index contributed by atoms with van der Waals surface area (Å²) in [7, 11) is 0. The van der Waals surface area contributed by atoms with Gasteiger partial charge in [0.1, 0.15) is 17.6 Å². The molecule has 1 rings (SSSR count). The molecule has 0 heterocycles. The summed E-state index contributed by atoms with van der Waals surface area (Å²) in [5, 5.41) is 9.05. The second-order valence-corrected chi connectivity index (χ2v) is 3.08. The summed E-state index contributed by atoms with van der Waals surface area (Å²) in [4.78, 5) is 0. The fourth-order valence-corrected chi connectivity index (χ4v) is 1.07. The fraction of sp³-hybridized carbons (Fsp3) is 0.455. The van der Waals surface area contributed by atoms with E-state index in [0.29, 0.717) is 13.2 Å². The fourth-order valence-electron chi connectivity index (χ4n) is 1.07. The van der Waals surface area contributed by atoms with Crippen molar-refractivity contribution in [2.45, 2.75) is 20.0 Å². The zero-order valence-electron chi connectivity index (χ0n) is 8.56. The molecule has 1 atom stereocenters. The maximum absolute atomic E-state index is 9.05. The highest BCUT2D eigenvalue weighted by molar-refractivity contribution is 5.30.